The summed E-state index contributed by atoms with van der Waals surface area (Å²) in [6, 6.07) is 7.79. The molecule has 5 nitrogen and oxygen atoms in total. The summed E-state index contributed by atoms with van der Waals surface area (Å²) in [7, 11) is 3.07. The summed E-state index contributed by atoms with van der Waals surface area (Å²) in [6.07, 6.45) is 0.858. The van der Waals surface area contributed by atoms with Crippen LogP contribution in [0.5, 0.6) is 5.75 Å². The highest BCUT2D eigenvalue weighted by Crippen LogP contribution is 2.31. The molecule has 0 aliphatic carbocycles. The molecule has 24 heavy (non-hydrogen) atoms. The Balaban J connectivity index is 2.06. The van der Waals surface area contributed by atoms with Gasteiger partial charge in [-0.25, -0.2) is 4.98 Å². The van der Waals surface area contributed by atoms with Crippen molar-refractivity contribution in [3.63, 3.8) is 0 Å². The number of benzene rings is 1. The number of hydrogen-bond acceptors (Lipinski definition) is 6. The topological polar surface area (TPSA) is 57.7 Å². The molecular weight excluding hydrogens is 326 g/mol. The van der Waals surface area contributed by atoms with Gasteiger partial charge in [-0.15, -0.1) is 11.3 Å². The minimum Gasteiger partial charge on any atom is -0.494 e. The van der Waals surface area contributed by atoms with Crippen LogP contribution >= 0.6 is 11.3 Å². The minimum absolute atomic E-state index is 0.292. The van der Waals surface area contributed by atoms with E-state index in [0.717, 1.165) is 22.7 Å². The summed E-state index contributed by atoms with van der Waals surface area (Å²) in [6.45, 7) is 4.95. The Labute approximate surface area is 146 Å². The van der Waals surface area contributed by atoms with Crippen LogP contribution in [0.15, 0.2) is 29.6 Å². The molecule has 130 valence electrons. The number of methoxy groups -OCH3 is 2. The van der Waals surface area contributed by atoms with Crippen LogP contribution in [0.1, 0.15) is 26.0 Å². The Morgan fingerprint density at radius 2 is 1.88 bits per heavy atom. The maximum absolute atomic E-state index is 11.9. The summed E-state index contributed by atoms with van der Waals surface area (Å²) in [4.78, 5) is 16.5. The van der Waals surface area contributed by atoms with Crippen molar-refractivity contribution in [1.82, 2.24) is 4.98 Å². The molecular formula is C18H23NO4S. The van der Waals surface area contributed by atoms with Crippen LogP contribution in [0, 0.1) is 0 Å². The molecule has 0 unspecified atom stereocenters. The fourth-order valence-corrected chi connectivity index (χ4v) is 3.13. The second-order valence-corrected chi connectivity index (χ2v) is 6.73. The Bertz CT molecular complexity index is 664. The molecule has 6 heteroatoms. The van der Waals surface area contributed by atoms with E-state index in [0.29, 0.717) is 18.9 Å². The molecule has 0 fully saturated rings. The number of carbonyl (C=O) groups excluding carboxylic acids is 1. The van der Waals surface area contributed by atoms with E-state index < -0.39 is 5.41 Å². The molecule has 0 saturated heterocycles. The summed E-state index contributed by atoms with van der Waals surface area (Å²) in [5.41, 5.74) is 0.957. The van der Waals surface area contributed by atoms with Gasteiger partial charge in [-0.2, -0.15) is 0 Å². The van der Waals surface area contributed by atoms with E-state index in [1.54, 1.807) is 7.11 Å². The van der Waals surface area contributed by atoms with Crippen molar-refractivity contribution < 1.29 is 19.0 Å². The van der Waals surface area contributed by atoms with Gasteiger partial charge in [-0.3, -0.25) is 4.79 Å². The number of carbonyl (C=O) groups is 1. The van der Waals surface area contributed by atoms with Crippen LogP contribution in [0.4, 0.5) is 0 Å². The maximum Gasteiger partial charge on any atom is 0.317 e. The van der Waals surface area contributed by atoms with Crippen LogP contribution in [-0.2, 0) is 19.7 Å². The van der Waals surface area contributed by atoms with E-state index in [1.165, 1.54) is 18.4 Å². The molecule has 0 N–H and O–H groups in total. The third-order valence-electron chi connectivity index (χ3n) is 3.70. The average molecular weight is 349 g/mol. The molecule has 0 aliphatic heterocycles. The van der Waals surface area contributed by atoms with Gasteiger partial charge < -0.3 is 14.2 Å². The van der Waals surface area contributed by atoms with Crippen molar-refractivity contribution in [3.05, 3.63) is 35.3 Å². The lowest BCUT2D eigenvalue weighted by molar-refractivity contribution is -0.146. The Morgan fingerprint density at radius 1 is 1.17 bits per heavy atom. The smallest absolute Gasteiger partial charge is 0.317 e. The van der Waals surface area contributed by atoms with Gasteiger partial charge in [0.2, 0.25) is 0 Å². The molecule has 2 aromatic rings. The van der Waals surface area contributed by atoms with Crippen molar-refractivity contribution in [1.29, 1.82) is 0 Å². The molecule has 0 radical (unpaired) electrons. The van der Waals surface area contributed by atoms with Crippen LogP contribution in [-0.4, -0.2) is 38.4 Å². The first-order valence-corrected chi connectivity index (χ1v) is 8.63. The maximum atomic E-state index is 11.9. The lowest BCUT2D eigenvalue weighted by atomic mass is 9.90. The normalized spacial score (nSPS) is 11.3. The number of rotatable bonds is 8. The Kier molecular flexibility index (Phi) is 6.34. The summed E-state index contributed by atoms with van der Waals surface area (Å²) < 4.78 is 15.5. The largest absolute Gasteiger partial charge is 0.494 e. The zero-order chi connectivity index (χ0) is 17.6. The van der Waals surface area contributed by atoms with E-state index in [2.05, 4.69) is 4.98 Å². The van der Waals surface area contributed by atoms with E-state index in [4.69, 9.17) is 14.2 Å². The number of aromatic nitrogens is 1. The SMILES string of the molecule is COCCCOc1ccc(-c2nc(C(C)(C)C(=O)OC)cs2)cc1. The molecule has 1 aromatic carbocycles. The van der Waals surface area contributed by atoms with Crippen LogP contribution in [0.25, 0.3) is 10.6 Å². The van der Waals surface area contributed by atoms with Crippen molar-refractivity contribution in [2.75, 3.05) is 27.4 Å². The van der Waals surface area contributed by atoms with Crippen molar-refractivity contribution in [3.8, 4) is 16.3 Å². The van der Waals surface area contributed by atoms with Gasteiger partial charge in [0.05, 0.1) is 19.4 Å². The molecule has 1 aromatic heterocycles. The van der Waals surface area contributed by atoms with Crippen molar-refractivity contribution in [2.45, 2.75) is 25.7 Å². The number of esters is 1. The summed E-state index contributed by atoms with van der Waals surface area (Å²) in [5, 5.41) is 2.77. The Morgan fingerprint density at radius 3 is 2.50 bits per heavy atom. The van der Waals surface area contributed by atoms with Gasteiger partial charge in [0, 0.05) is 31.1 Å². The highest BCUT2D eigenvalue weighted by atomic mass is 32.1. The summed E-state index contributed by atoms with van der Waals surface area (Å²) in [5.74, 6) is 0.528. The molecule has 2 rings (SSSR count). The van der Waals surface area contributed by atoms with Gasteiger partial charge in [0.25, 0.3) is 0 Å². The van der Waals surface area contributed by atoms with Gasteiger partial charge in [-0.05, 0) is 38.1 Å². The van der Waals surface area contributed by atoms with Crippen molar-refractivity contribution in [2.24, 2.45) is 0 Å². The van der Waals surface area contributed by atoms with Crippen LogP contribution < -0.4 is 4.74 Å². The number of hydrogen-bond donors (Lipinski definition) is 0. The van der Waals surface area contributed by atoms with Crippen LogP contribution in [0.3, 0.4) is 0 Å². The fraction of sp³-hybridized carbons (Fsp3) is 0.444. The quantitative estimate of drug-likeness (QED) is 0.537. The summed E-state index contributed by atoms with van der Waals surface area (Å²) >= 11 is 1.51. The monoisotopic (exact) mass is 349 g/mol. The molecule has 1 heterocycles. The molecule has 0 atom stereocenters. The average Bonchev–Trinajstić information content (AvgIpc) is 3.09. The zero-order valence-electron chi connectivity index (χ0n) is 14.5. The molecule has 0 aliphatic rings. The fourth-order valence-electron chi connectivity index (χ4n) is 2.14. The zero-order valence-corrected chi connectivity index (χ0v) is 15.3. The third-order valence-corrected chi connectivity index (χ3v) is 4.59. The molecule has 0 amide bonds. The van der Waals surface area contributed by atoms with E-state index in [9.17, 15) is 4.79 Å². The van der Waals surface area contributed by atoms with Crippen molar-refractivity contribution >= 4 is 17.3 Å². The predicted octanol–water partition coefficient (Wildman–Crippen LogP) is 3.68. The molecule has 0 bridgehead atoms. The second-order valence-electron chi connectivity index (χ2n) is 5.87. The highest BCUT2D eigenvalue weighted by molar-refractivity contribution is 7.13. The third kappa shape index (κ3) is 4.33. The Hall–Kier alpha value is -1.92. The standard InChI is InChI=1S/C18H23NO4S/c1-18(2,17(20)22-4)15-12-24-16(19-15)13-6-8-14(9-7-13)23-11-5-10-21-3/h6-9,12H,5,10-11H2,1-4H3. The number of ether oxygens (including phenoxy) is 3. The van der Waals surface area contributed by atoms with E-state index in [-0.39, 0.29) is 5.97 Å². The van der Waals surface area contributed by atoms with Gasteiger partial charge in [-0.1, -0.05) is 0 Å². The first-order chi connectivity index (χ1) is 11.5. The minimum atomic E-state index is -0.756. The van der Waals surface area contributed by atoms with Crippen LogP contribution in [0.2, 0.25) is 0 Å². The lowest BCUT2D eigenvalue weighted by Crippen LogP contribution is -2.30. The number of thiazole rings is 1. The van der Waals surface area contributed by atoms with Gasteiger partial charge >= 0.3 is 5.97 Å². The lowest BCUT2D eigenvalue weighted by Gasteiger charge is -2.18. The predicted molar refractivity (Wildman–Crippen MR) is 94.6 cm³/mol. The first-order valence-electron chi connectivity index (χ1n) is 7.75. The molecule has 0 saturated carbocycles. The first kappa shape index (κ1) is 18.4. The van der Waals surface area contributed by atoms with Gasteiger partial charge in [0.1, 0.15) is 16.2 Å². The number of nitrogens with zero attached hydrogens (tertiary/aromatic N) is 1. The van der Waals surface area contributed by atoms with Gasteiger partial charge in [0.15, 0.2) is 0 Å². The molecule has 0 spiro atoms. The highest BCUT2D eigenvalue weighted by Gasteiger charge is 2.33. The second kappa shape index (κ2) is 8.26. The van der Waals surface area contributed by atoms with E-state index >= 15 is 0 Å². The van der Waals surface area contributed by atoms with E-state index in [1.807, 2.05) is 43.5 Å².